The van der Waals surface area contributed by atoms with Crippen molar-refractivity contribution in [3.63, 3.8) is 0 Å². The molecule has 1 amide bonds. The van der Waals surface area contributed by atoms with Crippen molar-refractivity contribution >= 4 is 25.6 Å². The summed E-state index contributed by atoms with van der Waals surface area (Å²) in [5, 5.41) is 2.67. The minimum atomic E-state index is -4.11. The average molecular weight is 322 g/mol. The molecule has 20 heavy (non-hydrogen) atoms. The summed E-state index contributed by atoms with van der Waals surface area (Å²) >= 11 is 0. The summed E-state index contributed by atoms with van der Waals surface area (Å²) in [6, 6.07) is 1.64. The molecular weight excluding hydrogens is 309 g/mol. The Hall–Kier alpha value is -1.18. The van der Waals surface area contributed by atoms with E-state index in [4.69, 9.17) is 15.4 Å². The Kier molecular flexibility index (Phi) is 4.31. The first-order valence-corrected chi connectivity index (χ1v) is 8.23. The lowest BCUT2D eigenvalue weighted by molar-refractivity contribution is 0.0928. The SMILES string of the molecule is Cc1c(C(=O)NC2CCOC2)cc(F)cc1S(=O)(=O)Cl. The number of carbonyl (C=O) groups excluding carboxylic acids is 1. The number of hydrogen-bond acceptors (Lipinski definition) is 4. The summed E-state index contributed by atoms with van der Waals surface area (Å²) in [7, 11) is 1.12. The first-order valence-electron chi connectivity index (χ1n) is 5.92. The van der Waals surface area contributed by atoms with Gasteiger partial charge in [0.15, 0.2) is 0 Å². The Morgan fingerprint density at radius 3 is 2.75 bits per heavy atom. The second kappa shape index (κ2) is 5.67. The summed E-state index contributed by atoms with van der Waals surface area (Å²) < 4.78 is 41.3. The molecule has 1 aromatic carbocycles. The molecule has 1 fully saturated rings. The van der Waals surface area contributed by atoms with E-state index in [1.165, 1.54) is 6.92 Å². The second-order valence-electron chi connectivity index (χ2n) is 4.55. The minimum absolute atomic E-state index is 0.0453. The predicted molar refractivity (Wildman–Crippen MR) is 70.9 cm³/mol. The maximum absolute atomic E-state index is 13.5. The number of benzene rings is 1. The van der Waals surface area contributed by atoms with Crippen LogP contribution in [0.1, 0.15) is 22.3 Å². The Labute approximate surface area is 120 Å². The largest absolute Gasteiger partial charge is 0.379 e. The summed E-state index contributed by atoms with van der Waals surface area (Å²) in [5.74, 6) is -1.37. The van der Waals surface area contributed by atoms with Gasteiger partial charge in [0, 0.05) is 22.9 Å². The Morgan fingerprint density at radius 1 is 1.50 bits per heavy atom. The number of halogens is 2. The molecule has 0 saturated carbocycles. The first-order chi connectivity index (χ1) is 9.29. The molecule has 1 heterocycles. The van der Waals surface area contributed by atoms with E-state index in [0.29, 0.717) is 19.6 Å². The molecule has 5 nitrogen and oxygen atoms in total. The van der Waals surface area contributed by atoms with Crippen LogP contribution < -0.4 is 5.32 Å². The van der Waals surface area contributed by atoms with Crippen LogP contribution in [0.2, 0.25) is 0 Å². The molecule has 1 atom stereocenters. The van der Waals surface area contributed by atoms with Crippen LogP contribution in [0, 0.1) is 12.7 Å². The van der Waals surface area contributed by atoms with E-state index in [-0.39, 0.29) is 17.2 Å². The summed E-state index contributed by atoms with van der Waals surface area (Å²) in [6.07, 6.45) is 0.667. The van der Waals surface area contributed by atoms with Crippen LogP contribution in [0.3, 0.4) is 0 Å². The maximum atomic E-state index is 13.5. The van der Waals surface area contributed by atoms with Crippen molar-refractivity contribution < 1.29 is 22.3 Å². The monoisotopic (exact) mass is 321 g/mol. The topological polar surface area (TPSA) is 72.5 Å². The van der Waals surface area contributed by atoms with E-state index >= 15 is 0 Å². The van der Waals surface area contributed by atoms with E-state index in [1.807, 2.05) is 0 Å². The molecular formula is C12H13ClFNO4S. The lowest BCUT2D eigenvalue weighted by Crippen LogP contribution is -2.35. The smallest absolute Gasteiger partial charge is 0.261 e. The average Bonchev–Trinajstić information content (AvgIpc) is 2.83. The maximum Gasteiger partial charge on any atom is 0.261 e. The fourth-order valence-electron chi connectivity index (χ4n) is 2.05. The zero-order chi connectivity index (χ0) is 14.9. The number of carbonyl (C=O) groups is 1. The molecule has 0 bridgehead atoms. The quantitative estimate of drug-likeness (QED) is 0.858. The Bertz CT molecular complexity index is 641. The van der Waals surface area contributed by atoms with Crippen LogP contribution in [0.4, 0.5) is 4.39 Å². The van der Waals surface area contributed by atoms with Crippen molar-refractivity contribution in [2.75, 3.05) is 13.2 Å². The van der Waals surface area contributed by atoms with Crippen molar-refractivity contribution in [1.29, 1.82) is 0 Å². The number of rotatable bonds is 3. The third-order valence-corrected chi connectivity index (χ3v) is 4.55. The first kappa shape index (κ1) is 15.2. The van der Waals surface area contributed by atoms with E-state index in [2.05, 4.69) is 5.32 Å². The molecule has 0 spiro atoms. The van der Waals surface area contributed by atoms with Gasteiger partial charge in [-0.1, -0.05) is 0 Å². The van der Waals surface area contributed by atoms with Gasteiger partial charge in [0.2, 0.25) is 0 Å². The molecule has 1 aliphatic heterocycles. The highest BCUT2D eigenvalue weighted by atomic mass is 35.7. The minimum Gasteiger partial charge on any atom is -0.379 e. The molecule has 1 aliphatic rings. The zero-order valence-electron chi connectivity index (χ0n) is 10.7. The van der Waals surface area contributed by atoms with Crippen molar-refractivity contribution in [2.45, 2.75) is 24.3 Å². The second-order valence-corrected chi connectivity index (χ2v) is 7.08. The number of hydrogen-bond donors (Lipinski definition) is 1. The van der Waals surface area contributed by atoms with Crippen LogP contribution in [-0.2, 0) is 13.8 Å². The highest BCUT2D eigenvalue weighted by molar-refractivity contribution is 8.13. The Balaban J connectivity index is 2.36. The fourth-order valence-corrected chi connectivity index (χ4v) is 3.26. The van der Waals surface area contributed by atoms with E-state index < -0.39 is 25.7 Å². The van der Waals surface area contributed by atoms with Crippen LogP contribution >= 0.6 is 10.7 Å². The molecule has 1 saturated heterocycles. The molecule has 1 unspecified atom stereocenters. The third-order valence-electron chi connectivity index (χ3n) is 3.10. The number of ether oxygens (including phenoxy) is 1. The van der Waals surface area contributed by atoms with E-state index in [0.717, 1.165) is 12.1 Å². The molecule has 1 aromatic rings. The summed E-state index contributed by atoms with van der Waals surface area (Å²) in [4.78, 5) is 11.7. The number of nitrogens with one attached hydrogen (secondary N) is 1. The van der Waals surface area contributed by atoms with Gasteiger partial charge in [-0.2, -0.15) is 0 Å². The summed E-state index contributed by atoms with van der Waals surface area (Å²) in [5.41, 5.74) is 0.0777. The third kappa shape index (κ3) is 3.28. The van der Waals surface area contributed by atoms with Gasteiger partial charge in [0.1, 0.15) is 5.82 Å². The Morgan fingerprint density at radius 2 is 2.20 bits per heavy atom. The molecule has 1 N–H and O–H groups in total. The summed E-state index contributed by atoms with van der Waals surface area (Å²) in [6.45, 7) is 2.35. The molecule has 0 aliphatic carbocycles. The zero-order valence-corrected chi connectivity index (χ0v) is 12.2. The highest BCUT2D eigenvalue weighted by Gasteiger charge is 2.24. The molecule has 8 heteroatoms. The highest BCUT2D eigenvalue weighted by Crippen LogP contribution is 2.24. The lowest BCUT2D eigenvalue weighted by Gasteiger charge is -2.13. The fraction of sp³-hybridized carbons (Fsp3) is 0.417. The van der Waals surface area contributed by atoms with Gasteiger partial charge in [-0.05, 0) is 31.0 Å². The van der Waals surface area contributed by atoms with Crippen molar-refractivity contribution in [1.82, 2.24) is 5.32 Å². The normalized spacial score (nSPS) is 19.1. The molecule has 0 aromatic heterocycles. The van der Waals surface area contributed by atoms with Crippen molar-refractivity contribution in [2.24, 2.45) is 0 Å². The van der Waals surface area contributed by atoms with Crippen LogP contribution in [0.15, 0.2) is 17.0 Å². The van der Waals surface area contributed by atoms with Crippen LogP contribution in [-0.4, -0.2) is 33.6 Å². The lowest BCUT2D eigenvalue weighted by atomic mass is 10.1. The van der Waals surface area contributed by atoms with Crippen molar-refractivity contribution in [3.05, 3.63) is 29.1 Å². The van der Waals surface area contributed by atoms with Crippen LogP contribution in [0.25, 0.3) is 0 Å². The van der Waals surface area contributed by atoms with Gasteiger partial charge >= 0.3 is 0 Å². The van der Waals surface area contributed by atoms with Crippen LogP contribution in [0.5, 0.6) is 0 Å². The van der Waals surface area contributed by atoms with Crippen molar-refractivity contribution in [3.8, 4) is 0 Å². The standard InChI is InChI=1S/C12H13ClFNO4S/c1-7-10(12(16)15-9-2-3-19-6-9)4-8(14)5-11(7)20(13,17)18/h4-5,9H,2-3,6H2,1H3,(H,15,16). The van der Waals surface area contributed by atoms with Gasteiger partial charge in [-0.15, -0.1) is 0 Å². The predicted octanol–water partition coefficient (Wildman–Crippen LogP) is 1.58. The van der Waals surface area contributed by atoms with Gasteiger partial charge < -0.3 is 10.1 Å². The van der Waals surface area contributed by atoms with E-state index in [9.17, 15) is 17.6 Å². The van der Waals surface area contributed by atoms with Gasteiger partial charge in [0.25, 0.3) is 15.0 Å². The van der Waals surface area contributed by atoms with Gasteiger partial charge in [-0.25, -0.2) is 12.8 Å². The molecule has 110 valence electrons. The molecule has 2 rings (SSSR count). The van der Waals surface area contributed by atoms with Gasteiger partial charge in [0.05, 0.1) is 17.5 Å². The van der Waals surface area contributed by atoms with Gasteiger partial charge in [-0.3, -0.25) is 4.79 Å². The molecule has 0 radical (unpaired) electrons. The number of amides is 1. The van der Waals surface area contributed by atoms with E-state index in [1.54, 1.807) is 0 Å².